The van der Waals surface area contributed by atoms with E-state index < -0.39 is 43.4 Å². The molecule has 1 aromatic carbocycles. The number of Topliss-reactive ketones (excluding diaryl/α,β-unsaturated/α-hetero) is 1. The molecule has 3 rings (SSSR count). The summed E-state index contributed by atoms with van der Waals surface area (Å²) in [4.78, 5) is 38.3. The largest absolute Gasteiger partial charge is 0.344 e. The summed E-state index contributed by atoms with van der Waals surface area (Å²) < 4.78 is 31.3. The Bertz CT molecular complexity index is 1120. The first-order valence-corrected chi connectivity index (χ1v) is 11.6. The third-order valence-corrected chi connectivity index (χ3v) is 6.42. The van der Waals surface area contributed by atoms with Crippen LogP contribution in [-0.4, -0.2) is 40.3 Å². The van der Waals surface area contributed by atoms with Crippen LogP contribution in [0.15, 0.2) is 58.3 Å². The maximum Gasteiger partial charge on any atom is 0.338 e. The fraction of sp³-hybridized carbons (Fsp3) is 0.381. The fourth-order valence-electron chi connectivity index (χ4n) is 3.03. The number of nitrogens with one attached hydrogen (secondary N) is 1. The summed E-state index contributed by atoms with van der Waals surface area (Å²) in [7, 11) is -3.74. The highest BCUT2D eigenvalue weighted by Crippen LogP contribution is 2.50. The minimum Gasteiger partial charge on any atom is -0.344 e. The number of ketones is 1. The lowest BCUT2D eigenvalue weighted by molar-refractivity contribution is -0.00917. The molecule has 2 aromatic rings. The third kappa shape index (κ3) is 5.98. The maximum atomic E-state index is 13.2. The van der Waals surface area contributed by atoms with E-state index in [0.717, 1.165) is 0 Å². The lowest BCUT2D eigenvalue weighted by atomic mass is 10.2. The van der Waals surface area contributed by atoms with E-state index in [1.54, 1.807) is 63.3 Å². The third-order valence-electron chi connectivity index (χ3n) is 4.46. The van der Waals surface area contributed by atoms with E-state index in [1.807, 2.05) is 0 Å². The van der Waals surface area contributed by atoms with E-state index in [4.69, 9.17) is 13.8 Å². The second-order valence-electron chi connectivity index (χ2n) is 7.44. The van der Waals surface area contributed by atoms with Crippen molar-refractivity contribution in [1.29, 1.82) is 0 Å². The molecule has 0 saturated carbocycles. The number of H-pyrrole nitrogens is 1. The van der Waals surface area contributed by atoms with Gasteiger partial charge in [0.15, 0.2) is 12.0 Å². The summed E-state index contributed by atoms with van der Waals surface area (Å²) in [5.74, 6) is -0.347. The first-order chi connectivity index (χ1) is 14.7. The molecule has 0 bridgehead atoms. The number of hydrogen-bond donors (Lipinski definition) is 1. The first kappa shape index (κ1) is 23.1. The van der Waals surface area contributed by atoms with E-state index in [-0.39, 0.29) is 12.4 Å². The number of carbonyl (C=O) groups excluding carboxylic acids is 1. The number of rotatable bonds is 9. The van der Waals surface area contributed by atoms with E-state index in [9.17, 15) is 18.9 Å². The highest BCUT2D eigenvalue weighted by molar-refractivity contribution is 7.55. The molecule has 1 aliphatic rings. The number of nitrogens with zero attached hydrogens (tertiary/aromatic N) is 1. The van der Waals surface area contributed by atoms with Crippen LogP contribution in [0.5, 0.6) is 0 Å². The molecule has 9 nitrogen and oxygen atoms in total. The number of hydrogen-bond acceptors (Lipinski definition) is 7. The molecule has 0 saturated heterocycles. The Kier molecular flexibility index (Phi) is 7.23. The summed E-state index contributed by atoms with van der Waals surface area (Å²) >= 11 is 0. The smallest absolute Gasteiger partial charge is 0.338 e. The number of aryl methyl sites for hydroxylation is 1. The number of carbonyl (C=O) groups is 1. The monoisotopic (exact) mass is 448 g/mol. The Labute approximate surface area is 179 Å². The van der Waals surface area contributed by atoms with Crippen LogP contribution in [0, 0.1) is 6.92 Å². The second kappa shape index (κ2) is 9.70. The van der Waals surface area contributed by atoms with Crippen LogP contribution < -0.4 is 11.2 Å². The number of aromatic nitrogens is 2. The van der Waals surface area contributed by atoms with Crippen LogP contribution >= 0.6 is 7.60 Å². The van der Waals surface area contributed by atoms with Gasteiger partial charge in [-0.25, -0.2) is 4.79 Å². The maximum absolute atomic E-state index is 13.2. The fourth-order valence-corrected chi connectivity index (χ4v) is 4.81. The summed E-state index contributed by atoms with van der Waals surface area (Å²) in [6, 6.07) is 8.51. The van der Waals surface area contributed by atoms with Crippen LogP contribution in [0.4, 0.5) is 0 Å². The average Bonchev–Trinajstić information content (AvgIpc) is 3.18. The molecule has 1 unspecified atom stereocenters. The van der Waals surface area contributed by atoms with Crippen molar-refractivity contribution in [2.75, 3.05) is 12.8 Å². The van der Waals surface area contributed by atoms with Gasteiger partial charge in [0, 0.05) is 17.3 Å². The molecule has 166 valence electrons. The number of aromatic amines is 1. The molecule has 1 N–H and O–H groups in total. The molecule has 10 heteroatoms. The van der Waals surface area contributed by atoms with Crippen molar-refractivity contribution in [2.24, 2.45) is 0 Å². The van der Waals surface area contributed by atoms with Crippen molar-refractivity contribution in [1.82, 2.24) is 9.55 Å². The van der Waals surface area contributed by atoms with Gasteiger partial charge in [0.2, 0.25) is 0 Å². The lowest BCUT2D eigenvalue weighted by Crippen LogP contribution is -2.33. The molecule has 3 atom stereocenters. The van der Waals surface area contributed by atoms with Gasteiger partial charge in [0.05, 0.1) is 12.7 Å². The zero-order valence-electron chi connectivity index (χ0n) is 17.5. The highest BCUT2D eigenvalue weighted by atomic mass is 31.2. The SMILES string of the molecule is Cc1cn([C@H]2C=C[C@@H](COP(=O)(CC(=O)c3ccccc3)OC(C)C)O2)c(=O)[nH]c1=O. The molecule has 1 aromatic heterocycles. The van der Waals surface area contributed by atoms with Gasteiger partial charge < -0.3 is 13.8 Å². The van der Waals surface area contributed by atoms with Crippen molar-refractivity contribution in [3.05, 3.63) is 80.6 Å². The first-order valence-electron chi connectivity index (χ1n) is 9.83. The quantitative estimate of drug-likeness (QED) is 0.356. The van der Waals surface area contributed by atoms with Gasteiger partial charge in [-0.3, -0.25) is 23.7 Å². The minimum absolute atomic E-state index is 0.129. The van der Waals surface area contributed by atoms with Crippen LogP contribution in [0.1, 0.15) is 36.0 Å². The summed E-state index contributed by atoms with van der Waals surface area (Å²) in [6.45, 7) is 4.86. The van der Waals surface area contributed by atoms with Crippen LogP contribution in [-0.2, 0) is 18.3 Å². The van der Waals surface area contributed by atoms with E-state index in [0.29, 0.717) is 11.1 Å². The molecule has 0 radical (unpaired) electrons. The van der Waals surface area contributed by atoms with Gasteiger partial charge in [-0.05, 0) is 26.8 Å². The van der Waals surface area contributed by atoms with Gasteiger partial charge in [0.25, 0.3) is 5.56 Å². The predicted molar refractivity (Wildman–Crippen MR) is 115 cm³/mol. The predicted octanol–water partition coefficient (Wildman–Crippen LogP) is 2.82. The molecular weight excluding hydrogens is 423 g/mol. The van der Waals surface area contributed by atoms with E-state index >= 15 is 0 Å². The van der Waals surface area contributed by atoms with Crippen LogP contribution in [0.25, 0.3) is 0 Å². The van der Waals surface area contributed by atoms with Crippen LogP contribution in [0.2, 0.25) is 0 Å². The zero-order chi connectivity index (χ0) is 22.6. The van der Waals surface area contributed by atoms with Crippen molar-refractivity contribution in [3.8, 4) is 0 Å². The molecule has 31 heavy (non-hydrogen) atoms. The van der Waals surface area contributed by atoms with Gasteiger partial charge in [-0.2, -0.15) is 0 Å². The van der Waals surface area contributed by atoms with E-state index in [1.165, 1.54) is 10.8 Å². The topological polar surface area (TPSA) is 117 Å². The standard InChI is InChI=1S/C21H25N2O7P/c1-14(2)30-31(27,13-18(24)16-7-5-4-6-8-16)28-12-17-9-10-19(29-17)23-11-15(3)20(25)22-21(23)26/h4-11,14,17,19H,12-13H2,1-3H3,(H,22,25,26)/t17-,19+,31?/m0/s1. The molecule has 0 spiro atoms. The van der Waals surface area contributed by atoms with Crippen LogP contribution in [0.3, 0.4) is 0 Å². The summed E-state index contributed by atoms with van der Waals surface area (Å²) in [5.41, 5.74) is -0.277. The van der Waals surface area contributed by atoms with E-state index in [2.05, 4.69) is 4.98 Å². The second-order valence-corrected chi connectivity index (χ2v) is 9.44. The lowest BCUT2D eigenvalue weighted by Gasteiger charge is -2.22. The Hall–Kier alpha value is -2.58. The van der Waals surface area contributed by atoms with Crippen molar-refractivity contribution >= 4 is 13.4 Å². The Morgan fingerprint density at radius 2 is 1.94 bits per heavy atom. The molecule has 0 aliphatic carbocycles. The number of ether oxygens (including phenoxy) is 1. The number of benzene rings is 1. The Morgan fingerprint density at radius 1 is 1.23 bits per heavy atom. The Balaban J connectivity index is 1.66. The molecule has 1 aliphatic heterocycles. The average molecular weight is 448 g/mol. The summed E-state index contributed by atoms with van der Waals surface area (Å²) in [6.07, 6.45) is 2.54. The highest BCUT2D eigenvalue weighted by Gasteiger charge is 2.32. The van der Waals surface area contributed by atoms with Crippen molar-refractivity contribution < 1.29 is 23.1 Å². The zero-order valence-corrected chi connectivity index (χ0v) is 18.4. The molecule has 0 fully saturated rings. The van der Waals surface area contributed by atoms with Gasteiger partial charge >= 0.3 is 13.3 Å². The Morgan fingerprint density at radius 3 is 2.61 bits per heavy atom. The minimum atomic E-state index is -3.74. The van der Waals surface area contributed by atoms with Crippen molar-refractivity contribution in [3.63, 3.8) is 0 Å². The van der Waals surface area contributed by atoms with Gasteiger partial charge in [-0.15, -0.1) is 0 Å². The molecular formula is C21H25N2O7P. The summed E-state index contributed by atoms with van der Waals surface area (Å²) in [5, 5.41) is 0. The normalized spacial score (nSPS) is 20.1. The molecule has 0 amide bonds. The van der Waals surface area contributed by atoms with Gasteiger partial charge in [-0.1, -0.05) is 36.4 Å². The molecule has 2 heterocycles. The van der Waals surface area contributed by atoms with Gasteiger partial charge in [0.1, 0.15) is 12.3 Å². The van der Waals surface area contributed by atoms with Crippen molar-refractivity contribution in [2.45, 2.75) is 39.2 Å².